The lowest BCUT2D eigenvalue weighted by atomic mass is 10.1. The molecule has 1 aromatic carbocycles. The lowest BCUT2D eigenvalue weighted by Crippen LogP contribution is -2.22. The third kappa shape index (κ3) is 5.55. The molecule has 0 aliphatic carbocycles. The molecule has 0 heterocycles. The van der Waals surface area contributed by atoms with Crippen LogP contribution in [0, 0.1) is 5.82 Å². The van der Waals surface area contributed by atoms with Crippen LogP contribution in [0.2, 0.25) is 10.0 Å². The second-order valence-electron chi connectivity index (χ2n) is 4.18. The second kappa shape index (κ2) is 6.77. The molecule has 1 aromatic rings. The Morgan fingerprint density at radius 2 is 1.84 bits per heavy atom. The number of alkyl halides is 3. The zero-order chi connectivity index (χ0) is 14.6. The molecular formula is C12H13Cl2F4N. The maximum Gasteiger partial charge on any atom is 0.389 e. The molecule has 0 saturated carbocycles. The van der Waals surface area contributed by atoms with Gasteiger partial charge in [-0.15, -0.1) is 0 Å². The molecule has 19 heavy (non-hydrogen) atoms. The van der Waals surface area contributed by atoms with Crippen molar-refractivity contribution in [3.05, 3.63) is 33.6 Å². The van der Waals surface area contributed by atoms with E-state index in [4.69, 9.17) is 23.2 Å². The molecule has 0 spiro atoms. The van der Waals surface area contributed by atoms with E-state index in [-0.39, 0.29) is 29.1 Å². The average molecular weight is 318 g/mol. The molecule has 1 rings (SSSR count). The van der Waals surface area contributed by atoms with Crippen LogP contribution in [0.5, 0.6) is 0 Å². The van der Waals surface area contributed by atoms with Crippen LogP contribution in [0.25, 0.3) is 0 Å². The van der Waals surface area contributed by atoms with Crippen LogP contribution in [-0.4, -0.2) is 12.7 Å². The summed E-state index contributed by atoms with van der Waals surface area (Å²) in [5.41, 5.74) is 0.468. The van der Waals surface area contributed by atoms with Gasteiger partial charge in [0.2, 0.25) is 0 Å². The fourth-order valence-corrected chi connectivity index (χ4v) is 2.13. The van der Waals surface area contributed by atoms with Gasteiger partial charge in [0, 0.05) is 17.5 Å². The molecule has 0 saturated heterocycles. The maximum absolute atomic E-state index is 13.3. The van der Waals surface area contributed by atoms with Gasteiger partial charge in [0.25, 0.3) is 0 Å². The van der Waals surface area contributed by atoms with Crippen LogP contribution in [-0.2, 0) is 0 Å². The molecule has 0 aromatic heterocycles. The average Bonchev–Trinajstić information content (AvgIpc) is 2.28. The second-order valence-corrected chi connectivity index (χ2v) is 5.00. The van der Waals surface area contributed by atoms with Crippen molar-refractivity contribution in [2.75, 3.05) is 6.54 Å². The Morgan fingerprint density at radius 3 is 2.42 bits per heavy atom. The number of hydrogen-bond donors (Lipinski definition) is 1. The van der Waals surface area contributed by atoms with Gasteiger partial charge in [0.1, 0.15) is 5.82 Å². The van der Waals surface area contributed by atoms with Gasteiger partial charge in [0.15, 0.2) is 0 Å². The zero-order valence-corrected chi connectivity index (χ0v) is 11.6. The highest BCUT2D eigenvalue weighted by atomic mass is 35.5. The molecule has 0 fully saturated rings. The smallest absolute Gasteiger partial charge is 0.310 e. The molecule has 0 amide bonds. The minimum absolute atomic E-state index is 0.0401. The van der Waals surface area contributed by atoms with Gasteiger partial charge in [-0.1, -0.05) is 23.2 Å². The minimum atomic E-state index is -4.16. The van der Waals surface area contributed by atoms with Crippen molar-refractivity contribution in [1.82, 2.24) is 5.32 Å². The summed E-state index contributed by atoms with van der Waals surface area (Å²) in [7, 11) is 0. The van der Waals surface area contributed by atoms with Gasteiger partial charge < -0.3 is 5.32 Å². The van der Waals surface area contributed by atoms with Crippen LogP contribution >= 0.6 is 23.2 Å². The van der Waals surface area contributed by atoms with E-state index < -0.39 is 18.4 Å². The van der Waals surface area contributed by atoms with Crippen molar-refractivity contribution in [2.24, 2.45) is 0 Å². The van der Waals surface area contributed by atoms with Gasteiger partial charge in [-0.3, -0.25) is 0 Å². The molecule has 1 N–H and O–H groups in total. The summed E-state index contributed by atoms with van der Waals surface area (Å²) in [4.78, 5) is 0. The predicted molar refractivity (Wildman–Crippen MR) is 68.1 cm³/mol. The van der Waals surface area contributed by atoms with E-state index in [1.54, 1.807) is 6.92 Å². The van der Waals surface area contributed by atoms with Gasteiger partial charge in [-0.05, 0) is 37.6 Å². The largest absolute Gasteiger partial charge is 0.389 e. The monoisotopic (exact) mass is 317 g/mol. The molecule has 7 heteroatoms. The molecule has 0 aliphatic rings. The van der Waals surface area contributed by atoms with E-state index in [0.29, 0.717) is 5.56 Å². The number of benzene rings is 1. The number of hydrogen-bond acceptors (Lipinski definition) is 1. The first-order valence-electron chi connectivity index (χ1n) is 5.65. The molecule has 0 aliphatic heterocycles. The molecule has 1 nitrogen and oxygen atoms in total. The number of halogens is 6. The fraction of sp³-hybridized carbons (Fsp3) is 0.500. The third-order valence-electron chi connectivity index (χ3n) is 2.59. The molecule has 1 atom stereocenters. The lowest BCUT2D eigenvalue weighted by molar-refractivity contribution is -0.135. The Kier molecular flexibility index (Phi) is 5.89. The fourth-order valence-electron chi connectivity index (χ4n) is 1.59. The normalized spacial score (nSPS) is 13.6. The van der Waals surface area contributed by atoms with Crippen molar-refractivity contribution in [2.45, 2.75) is 32.0 Å². The highest BCUT2D eigenvalue weighted by molar-refractivity contribution is 6.35. The Hall–Kier alpha value is -0.520. The van der Waals surface area contributed by atoms with Crippen LogP contribution in [0.4, 0.5) is 17.6 Å². The summed E-state index contributed by atoms with van der Waals surface area (Å²) in [5, 5.41) is 3.06. The highest BCUT2D eigenvalue weighted by Gasteiger charge is 2.26. The van der Waals surface area contributed by atoms with E-state index in [0.717, 1.165) is 0 Å². The Labute approximate surface area is 118 Å². The van der Waals surface area contributed by atoms with Crippen LogP contribution in [0.15, 0.2) is 12.1 Å². The highest BCUT2D eigenvalue weighted by Crippen LogP contribution is 2.28. The first kappa shape index (κ1) is 16.5. The zero-order valence-electron chi connectivity index (χ0n) is 10.1. The summed E-state index contributed by atoms with van der Waals surface area (Å²) >= 11 is 11.5. The summed E-state index contributed by atoms with van der Waals surface area (Å²) in [5.74, 6) is -0.606. The van der Waals surface area contributed by atoms with Gasteiger partial charge in [-0.2, -0.15) is 13.2 Å². The van der Waals surface area contributed by atoms with E-state index >= 15 is 0 Å². The molecule has 108 valence electrons. The Balaban J connectivity index is 2.54. The molecule has 0 bridgehead atoms. The SMILES string of the molecule is CC(NCCCC(F)(F)F)c1cc(F)c(Cl)cc1Cl. The molecular weight excluding hydrogens is 305 g/mol. The predicted octanol–water partition coefficient (Wildman–Crippen LogP) is 5.13. The standard InChI is InChI=1S/C12H13Cl2F4N/c1-7(19-4-2-3-12(16,17)18)8-5-11(15)10(14)6-9(8)13/h5-7,19H,2-4H2,1H3. The van der Waals surface area contributed by atoms with Crippen molar-refractivity contribution in [3.63, 3.8) is 0 Å². The van der Waals surface area contributed by atoms with Crippen LogP contribution in [0.3, 0.4) is 0 Å². The lowest BCUT2D eigenvalue weighted by Gasteiger charge is -2.16. The summed E-state index contributed by atoms with van der Waals surface area (Å²) in [6, 6.07) is 2.11. The summed E-state index contributed by atoms with van der Waals surface area (Å²) in [6.07, 6.45) is -5.05. The van der Waals surface area contributed by atoms with Gasteiger partial charge in [0.05, 0.1) is 5.02 Å². The number of rotatable bonds is 5. The molecule has 0 radical (unpaired) electrons. The Morgan fingerprint density at radius 1 is 1.21 bits per heavy atom. The topological polar surface area (TPSA) is 12.0 Å². The van der Waals surface area contributed by atoms with E-state index in [9.17, 15) is 17.6 Å². The van der Waals surface area contributed by atoms with Crippen molar-refractivity contribution in [3.8, 4) is 0 Å². The van der Waals surface area contributed by atoms with Crippen LogP contribution in [0.1, 0.15) is 31.4 Å². The molecule has 1 unspecified atom stereocenters. The van der Waals surface area contributed by atoms with Crippen LogP contribution < -0.4 is 5.32 Å². The van der Waals surface area contributed by atoms with Crippen molar-refractivity contribution >= 4 is 23.2 Å². The summed E-state index contributed by atoms with van der Waals surface area (Å²) < 4.78 is 49.2. The van der Waals surface area contributed by atoms with Crippen molar-refractivity contribution < 1.29 is 17.6 Å². The first-order valence-corrected chi connectivity index (χ1v) is 6.41. The van der Waals surface area contributed by atoms with E-state index in [1.165, 1.54) is 12.1 Å². The number of nitrogens with one attached hydrogen (secondary N) is 1. The van der Waals surface area contributed by atoms with E-state index in [2.05, 4.69) is 5.32 Å². The summed E-state index contributed by atoms with van der Waals surface area (Å²) in [6.45, 7) is 1.86. The Bertz CT molecular complexity index is 434. The third-order valence-corrected chi connectivity index (χ3v) is 3.21. The maximum atomic E-state index is 13.3. The van der Waals surface area contributed by atoms with Crippen molar-refractivity contribution in [1.29, 1.82) is 0 Å². The van der Waals surface area contributed by atoms with E-state index in [1.807, 2.05) is 0 Å². The minimum Gasteiger partial charge on any atom is -0.310 e. The van der Waals surface area contributed by atoms with Gasteiger partial charge >= 0.3 is 6.18 Å². The first-order chi connectivity index (χ1) is 8.70. The van der Waals surface area contributed by atoms with Gasteiger partial charge in [-0.25, -0.2) is 4.39 Å². The quantitative estimate of drug-likeness (QED) is 0.451.